The number of aromatic carboxylic acids is 1. The Morgan fingerprint density at radius 2 is 2.14 bits per heavy atom. The molecule has 1 aromatic carbocycles. The SMILES string of the molecule is Cn1ccc2cc(-c3nc(C(=O)O)c(Cl)c(N)c3F)ccc21. The molecule has 2 aromatic heterocycles. The summed E-state index contributed by atoms with van der Waals surface area (Å²) in [5, 5.41) is 9.59. The van der Waals surface area contributed by atoms with Gasteiger partial charge in [0.25, 0.3) is 0 Å². The maximum absolute atomic E-state index is 14.3. The van der Waals surface area contributed by atoms with E-state index in [1.165, 1.54) is 0 Å². The molecule has 5 nitrogen and oxygen atoms in total. The van der Waals surface area contributed by atoms with Crippen LogP contribution < -0.4 is 5.73 Å². The molecule has 0 aliphatic carbocycles. The normalized spacial score (nSPS) is 11.0. The molecule has 0 spiro atoms. The van der Waals surface area contributed by atoms with Gasteiger partial charge in [-0.3, -0.25) is 0 Å². The first-order valence-corrected chi connectivity index (χ1v) is 6.71. The van der Waals surface area contributed by atoms with E-state index < -0.39 is 28.2 Å². The molecule has 0 atom stereocenters. The number of anilines is 1. The molecule has 0 aliphatic rings. The van der Waals surface area contributed by atoms with Gasteiger partial charge in [0.15, 0.2) is 11.5 Å². The lowest BCUT2D eigenvalue weighted by atomic mass is 10.1. The Morgan fingerprint density at radius 3 is 2.82 bits per heavy atom. The summed E-state index contributed by atoms with van der Waals surface area (Å²) in [5.74, 6) is -2.19. The van der Waals surface area contributed by atoms with Gasteiger partial charge in [-0.25, -0.2) is 14.2 Å². The third-order valence-corrected chi connectivity index (χ3v) is 3.86. The summed E-state index contributed by atoms with van der Waals surface area (Å²) in [6.45, 7) is 0. The number of hydrogen-bond donors (Lipinski definition) is 2. The van der Waals surface area contributed by atoms with Crippen molar-refractivity contribution in [1.29, 1.82) is 0 Å². The predicted molar refractivity (Wildman–Crippen MR) is 82.5 cm³/mol. The van der Waals surface area contributed by atoms with E-state index in [4.69, 9.17) is 22.4 Å². The molecule has 0 radical (unpaired) electrons. The fraction of sp³-hybridized carbons (Fsp3) is 0.0667. The second-order valence-electron chi connectivity index (χ2n) is 4.86. The van der Waals surface area contributed by atoms with E-state index in [0.29, 0.717) is 5.56 Å². The van der Waals surface area contributed by atoms with Crippen molar-refractivity contribution in [3.63, 3.8) is 0 Å². The topological polar surface area (TPSA) is 81.1 Å². The van der Waals surface area contributed by atoms with Crippen LogP contribution in [0.4, 0.5) is 10.1 Å². The molecule has 0 bridgehead atoms. The van der Waals surface area contributed by atoms with Crippen LogP contribution in [0.3, 0.4) is 0 Å². The van der Waals surface area contributed by atoms with Crippen molar-refractivity contribution < 1.29 is 14.3 Å². The number of pyridine rings is 1. The highest BCUT2D eigenvalue weighted by molar-refractivity contribution is 6.35. The quantitative estimate of drug-likeness (QED) is 0.759. The fourth-order valence-electron chi connectivity index (χ4n) is 2.32. The van der Waals surface area contributed by atoms with Gasteiger partial charge >= 0.3 is 5.97 Å². The van der Waals surface area contributed by atoms with Crippen LogP contribution >= 0.6 is 11.6 Å². The summed E-state index contributed by atoms with van der Waals surface area (Å²) >= 11 is 5.74. The molecule has 0 amide bonds. The average molecular weight is 320 g/mol. The van der Waals surface area contributed by atoms with E-state index in [-0.39, 0.29) is 5.69 Å². The van der Waals surface area contributed by atoms with Crippen LogP contribution in [0.5, 0.6) is 0 Å². The van der Waals surface area contributed by atoms with Gasteiger partial charge in [0, 0.05) is 29.7 Å². The minimum atomic E-state index is -1.36. The summed E-state index contributed by atoms with van der Waals surface area (Å²) in [6.07, 6.45) is 1.87. The number of benzene rings is 1. The molecule has 3 N–H and O–H groups in total. The standard InChI is InChI=1S/C15H11ClFN3O2/c1-20-5-4-7-6-8(2-3-9(7)20)13-11(17)12(18)10(16)14(19-13)15(21)22/h2-6H,1H3,(H2,18,19)(H,21,22). The van der Waals surface area contributed by atoms with E-state index in [2.05, 4.69) is 4.98 Å². The van der Waals surface area contributed by atoms with Crippen LogP contribution in [0.2, 0.25) is 5.02 Å². The number of hydrogen-bond acceptors (Lipinski definition) is 3. The van der Waals surface area contributed by atoms with Gasteiger partial charge in [0.1, 0.15) is 5.69 Å². The number of nitrogens with zero attached hydrogens (tertiary/aromatic N) is 2. The summed E-state index contributed by atoms with van der Waals surface area (Å²) in [4.78, 5) is 15.0. The third-order valence-electron chi connectivity index (χ3n) is 3.47. The van der Waals surface area contributed by atoms with Gasteiger partial charge < -0.3 is 15.4 Å². The summed E-state index contributed by atoms with van der Waals surface area (Å²) in [7, 11) is 1.89. The first-order valence-electron chi connectivity index (χ1n) is 6.33. The highest BCUT2D eigenvalue weighted by atomic mass is 35.5. The highest BCUT2D eigenvalue weighted by Gasteiger charge is 2.22. The van der Waals surface area contributed by atoms with Crippen LogP contribution in [0.15, 0.2) is 30.5 Å². The summed E-state index contributed by atoms with van der Waals surface area (Å²) < 4.78 is 16.2. The molecule has 0 saturated carbocycles. The Balaban J connectivity index is 2.27. The van der Waals surface area contributed by atoms with Crippen molar-refractivity contribution >= 4 is 34.2 Å². The number of rotatable bonds is 2. The first kappa shape index (κ1) is 14.3. The molecule has 7 heteroatoms. The van der Waals surface area contributed by atoms with E-state index in [0.717, 1.165) is 10.9 Å². The minimum absolute atomic E-state index is 0.134. The zero-order valence-electron chi connectivity index (χ0n) is 11.5. The number of aryl methyl sites for hydroxylation is 1. The van der Waals surface area contributed by atoms with E-state index >= 15 is 0 Å². The van der Waals surface area contributed by atoms with Crippen LogP contribution in [0.25, 0.3) is 22.2 Å². The Hall–Kier alpha value is -2.60. The number of carbonyl (C=O) groups is 1. The molecule has 0 unspecified atom stereocenters. The Kier molecular flexibility index (Phi) is 3.26. The van der Waals surface area contributed by atoms with E-state index in [1.807, 2.05) is 23.9 Å². The molecular formula is C15H11ClFN3O2. The van der Waals surface area contributed by atoms with Crippen LogP contribution in [-0.4, -0.2) is 20.6 Å². The lowest BCUT2D eigenvalue weighted by molar-refractivity contribution is 0.0691. The molecule has 0 aliphatic heterocycles. The van der Waals surface area contributed by atoms with Crippen LogP contribution in [0.1, 0.15) is 10.5 Å². The number of aromatic nitrogens is 2. The van der Waals surface area contributed by atoms with Gasteiger partial charge in [-0.2, -0.15) is 0 Å². The number of nitrogen functional groups attached to an aromatic ring is 1. The van der Waals surface area contributed by atoms with Crippen molar-refractivity contribution in [2.75, 3.05) is 5.73 Å². The van der Waals surface area contributed by atoms with Crippen molar-refractivity contribution in [3.8, 4) is 11.3 Å². The first-order chi connectivity index (χ1) is 10.4. The second kappa shape index (κ2) is 4.99. The van der Waals surface area contributed by atoms with Gasteiger partial charge in [0.2, 0.25) is 0 Å². The number of fused-ring (bicyclic) bond motifs is 1. The Morgan fingerprint density at radius 1 is 1.41 bits per heavy atom. The number of carboxylic acids is 1. The van der Waals surface area contributed by atoms with Crippen molar-refractivity contribution in [2.45, 2.75) is 0 Å². The predicted octanol–water partition coefficient (Wildman–Crippen LogP) is 3.31. The molecule has 112 valence electrons. The third kappa shape index (κ3) is 2.08. The summed E-state index contributed by atoms with van der Waals surface area (Å²) in [5.41, 5.74) is 5.93. The molecule has 3 rings (SSSR count). The van der Waals surface area contributed by atoms with Gasteiger partial charge in [-0.1, -0.05) is 17.7 Å². The van der Waals surface area contributed by atoms with Crippen LogP contribution in [0, 0.1) is 5.82 Å². The number of carboxylic acid groups (broad SMARTS) is 1. The zero-order valence-corrected chi connectivity index (χ0v) is 12.2. The number of halogens is 2. The average Bonchev–Trinajstić information content (AvgIpc) is 2.85. The monoisotopic (exact) mass is 319 g/mol. The van der Waals surface area contributed by atoms with Crippen molar-refractivity contribution in [1.82, 2.24) is 9.55 Å². The maximum Gasteiger partial charge on any atom is 0.356 e. The lowest BCUT2D eigenvalue weighted by Gasteiger charge is -2.09. The maximum atomic E-state index is 14.3. The van der Waals surface area contributed by atoms with Crippen LogP contribution in [-0.2, 0) is 7.05 Å². The largest absolute Gasteiger partial charge is 0.476 e. The minimum Gasteiger partial charge on any atom is -0.476 e. The molecular weight excluding hydrogens is 309 g/mol. The zero-order chi connectivity index (χ0) is 16.0. The Labute approximate surface area is 129 Å². The van der Waals surface area contributed by atoms with Gasteiger partial charge in [-0.05, 0) is 18.2 Å². The number of nitrogens with two attached hydrogens (primary N) is 1. The fourth-order valence-corrected chi connectivity index (χ4v) is 2.53. The molecule has 0 saturated heterocycles. The second-order valence-corrected chi connectivity index (χ2v) is 5.23. The lowest BCUT2D eigenvalue weighted by Crippen LogP contribution is -2.08. The molecule has 3 aromatic rings. The van der Waals surface area contributed by atoms with Crippen molar-refractivity contribution in [2.24, 2.45) is 7.05 Å². The molecule has 22 heavy (non-hydrogen) atoms. The van der Waals surface area contributed by atoms with E-state index in [1.54, 1.807) is 18.2 Å². The smallest absolute Gasteiger partial charge is 0.356 e. The van der Waals surface area contributed by atoms with E-state index in [9.17, 15) is 9.18 Å². The Bertz CT molecular complexity index is 921. The van der Waals surface area contributed by atoms with Gasteiger partial charge in [0.05, 0.1) is 10.7 Å². The summed E-state index contributed by atoms with van der Waals surface area (Å²) in [6, 6.07) is 7.05. The van der Waals surface area contributed by atoms with Crippen molar-refractivity contribution in [3.05, 3.63) is 47.0 Å². The van der Waals surface area contributed by atoms with Gasteiger partial charge in [-0.15, -0.1) is 0 Å². The molecule has 2 heterocycles. The molecule has 0 fully saturated rings. The highest BCUT2D eigenvalue weighted by Crippen LogP contribution is 2.33.